The van der Waals surface area contributed by atoms with Crippen LogP contribution < -0.4 is 15.4 Å². The number of ether oxygens (including phenoxy) is 1. The number of methoxy groups -OCH3 is 1. The number of hydrogen-bond donors (Lipinski definition) is 2. The number of halogens is 3. The highest BCUT2D eigenvalue weighted by Gasteiger charge is 2.27. The molecule has 0 bridgehead atoms. The van der Waals surface area contributed by atoms with Gasteiger partial charge in [-0.1, -0.05) is 6.07 Å². The first kappa shape index (κ1) is 14.1. The normalized spacial score (nSPS) is 10.9. The molecule has 0 saturated carbocycles. The van der Waals surface area contributed by atoms with Crippen molar-refractivity contribution in [3.63, 3.8) is 0 Å². The minimum Gasteiger partial charge on any atom is -0.481 e. The van der Waals surface area contributed by atoms with Crippen LogP contribution in [0.2, 0.25) is 0 Å². The monoisotopic (exact) mass is 263 g/mol. The molecule has 0 aromatic carbocycles. The van der Waals surface area contributed by atoms with Crippen LogP contribution in [0, 0.1) is 0 Å². The fourth-order valence-corrected chi connectivity index (χ4v) is 1.06. The predicted molar refractivity (Wildman–Crippen MR) is 57.1 cm³/mol. The maximum Gasteiger partial charge on any atom is 0.405 e. The van der Waals surface area contributed by atoms with Crippen molar-refractivity contribution in [1.29, 1.82) is 0 Å². The second-order valence-corrected chi connectivity index (χ2v) is 3.36. The number of urea groups is 1. The summed E-state index contributed by atoms with van der Waals surface area (Å²) < 4.78 is 40.2. The molecule has 2 amide bonds. The van der Waals surface area contributed by atoms with Gasteiger partial charge in [0.25, 0.3) is 0 Å². The molecule has 18 heavy (non-hydrogen) atoms. The molecule has 0 spiro atoms. The number of carbonyl (C=O) groups is 1. The van der Waals surface area contributed by atoms with Crippen molar-refractivity contribution in [3.05, 3.63) is 23.9 Å². The lowest BCUT2D eigenvalue weighted by Gasteiger charge is -2.09. The van der Waals surface area contributed by atoms with Crippen LogP contribution in [0.1, 0.15) is 5.56 Å². The zero-order chi connectivity index (χ0) is 13.6. The number of pyridine rings is 1. The van der Waals surface area contributed by atoms with E-state index in [1.54, 1.807) is 17.4 Å². The molecule has 1 aromatic rings. The quantitative estimate of drug-likeness (QED) is 0.864. The first-order valence-corrected chi connectivity index (χ1v) is 4.98. The standard InChI is InChI=1S/C10H12F3N3O2/c1-18-8-3-2-7(4-14-8)5-15-9(17)16-6-10(11,12)13/h2-4H,5-6H2,1H3,(H2,15,16,17). The van der Waals surface area contributed by atoms with Crippen LogP contribution in [0.25, 0.3) is 0 Å². The molecule has 8 heteroatoms. The third-order valence-corrected chi connectivity index (χ3v) is 1.91. The van der Waals surface area contributed by atoms with Crippen molar-refractivity contribution in [2.45, 2.75) is 12.7 Å². The summed E-state index contributed by atoms with van der Waals surface area (Å²) in [7, 11) is 1.46. The van der Waals surface area contributed by atoms with Crippen LogP contribution in [-0.4, -0.2) is 30.8 Å². The minimum absolute atomic E-state index is 0.0840. The van der Waals surface area contributed by atoms with Crippen LogP contribution in [-0.2, 0) is 6.54 Å². The third kappa shape index (κ3) is 5.37. The van der Waals surface area contributed by atoms with E-state index in [1.165, 1.54) is 13.3 Å². The van der Waals surface area contributed by atoms with Gasteiger partial charge in [0, 0.05) is 18.8 Å². The maximum absolute atomic E-state index is 11.8. The average molecular weight is 263 g/mol. The summed E-state index contributed by atoms with van der Waals surface area (Å²) >= 11 is 0. The lowest BCUT2D eigenvalue weighted by molar-refractivity contribution is -0.122. The Hall–Kier alpha value is -1.99. The lowest BCUT2D eigenvalue weighted by Crippen LogP contribution is -2.40. The molecule has 0 atom stereocenters. The SMILES string of the molecule is COc1ccc(CNC(=O)NCC(F)(F)F)cn1. The number of nitrogens with one attached hydrogen (secondary N) is 2. The molecule has 5 nitrogen and oxygen atoms in total. The number of carbonyl (C=O) groups excluding carboxylic acids is 1. The molecule has 0 aliphatic heterocycles. The van der Waals surface area contributed by atoms with Crippen LogP contribution in [0.4, 0.5) is 18.0 Å². The van der Waals surface area contributed by atoms with E-state index in [4.69, 9.17) is 4.74 Å². The van der Waals surface area contributed by atoms with Crippen molar-refractivity contribution < 1.29 is 22.7 Å². The van der Waals surface area contributed by atoms with E-state index >= 15 is 0 Å². The molecule has 0 fully saturated rings. The zero-order valence-corrected chi connectivity index (χ0v) is 9.54. The maximum atomic E-state index is 11.8. The molecule has 0 aliphatic rings. The van der Waals surface area contributed by atoms with E-state index in [0.717, 1.165) is 0 Å². The van der Waals surface area contributed by atoms with Gasteiger partial charge in [-0.3, -0.25) is 0 Å². The molecule has 2 N–H and O–H groups in total. The van der Waals surface area contributed by atoms with Crippen LogP contribution in [0.15, 0.2) is 18.3 Å². The summed E-state index contributed by atoms with van der Waals surface area (Å²) in [6, 6.07) is 2.35. The highest BCUT2D eigenvalue weighted by molar-refractivity contribution is 5.73. The number of rotatable bonds is 4. The van der Waals surface area contributed by atoms with Crippen LogP contribution in [0.5, 0.6) is 5.88 Å². The Labute approximate surface area is 101 Å². The van der Waals surface area contributed by atoms with Crippen LogP contribution in [0.3, 0.4) is 0 Å². The van der Waals surface area contributed by atoms with Gasteiger partial charge in [-0.05, 0) is 5.56 Å². The van der Waals surface area contributed by atoms with E-state index in [-0.39, 0.29) is 6.54 Å². The van der Waals surface area contributed by atoms with Gasteiger partial charge < -0.3 is 15.4 Å². The van der Waals surface area contributed by atoms with E-state index in [0.29, 0.717) is 11.4 Å². The molecule has 0 aliphatic carbocycles. The van der Waals surface area contributed by atoms with Crippen molar-refractivity contribution >= 4 is 6.03 Å². The predicted octanol–water partition coefficient (Wildman–Crippen LogP) is 1.45. The second kappa shape index (κ2) is 6.08. The lowest BCUT2D eigenvalue weighted by atomic mass is 10.3. The highest BCUT2D eigenvalue weighted by Crippen LogP contribution is 2.12. The topological polar surface area (TPSA) is 63.2 Å². The van der Waals surface area contributed by atoms with Crippen molar-refractivity contribution in [1.82, 2.24) is 15.6 Å². The van der Waals surface area contributed by atoms with Gasteiger partial charge in [0.2, 0.25) is 5.88 Å². The van der Waals surface area contributed by atoms with Gasteiger partial charge >= 0.3 is 12.2 Å². The first-order chi connectivity index (χ1) is 8.40. The van der Waals surface area contributed by atoms with Gasteiger partial charge in [-0.15, -0.1) is 0 Å². The van der Waals surface area contributed by atoms with Crippen molar-refractivity contribution in [2.75, 3.05) is 13.7 Å². The van der Waals surface area contributed by atoms with Gasteiger partial charge in [0.05, 0.1) is 7.11 Å². The Morgan fingerprint density at radius 3 is 2.61 bits per heavy atom. The first-order valence-electron chi connectivity index (χ1n) is 4.98. The zero-order valence-electron chi connectivity index (χ0n) is 9.54. The number of nitrogens with zero attached hydrogens (tertiary/aromatic N) is 1. The number of amides is 2. The third-order valence-electron chi connectivity index (χ3n) is 1.91. The van der Waals surface area contributed by atoms with E-state index in [9.17, 15) is 18.0 Å². The largest absolute Gasteiger partial charge is 0.481 e. The van der Waals surface area contributed by atoms with Crippen molar-refractivity contribution in [2.24, 2.45) is 0 Å². The molecule has 0 saturated heterocycles. The molecule has 1 heterocycles. The van der Waals surface area contributed by atoms with Gasteiger partial charge in [-0.2, -0.15) is 13.2 Å². The Balaban J connectivity index is 2.33. The summed E-state index contributed by atoms with van der Waals surface area (Å²) in [5, 5.41) is 3.97. The molecule has 0 unspecified atom stereocenters. The molecule has 100 valence electrons. The van der Waals surface area contributed by atoms with Gasteiger partial charge in [0.1, 0.15) is 6.54 Å². The summed E-state index contributed by atoms with van der Waals surface area (Å²) in [6.07, 6.45) is -2.96. The Morgan fingerprint density at radius 1 is 1.39 bits per heavy atom. The number of aromatic nitrogens is 1. The summed E-state index contributed by atoms with van der Waals surface area (Å²) in [6.45, 7) is -1.28. The molecular weight excluding hydrogens is 251 g/mol. The highest BCUT2D eigenvalue weighted by atomic mass is 19.4. The molecule has 1 rings (SSSR count). The number of alkyl halides is 3. The summed E-state index contributed by atoms with van der Waals surface area (Å²) in [4.78, 5) is 14.9. The Bertz CT molecular complexity index is 392. The van der Waals surface area contributed by atoms with Crippen LogP contribution >= 0.6 is 0 Å². The fraction of sp³-hybridized carbons (Fsp3) is 0.400. The van der Waals surface area contributed by atoms with E-state index < -0.39 is 18.8 Å². The smallest absolute Gasteiger partial charge is 0.405 e. The summed E-state index contributed by atoms with van der Waals surface area (Å²) in [5.74, 6) is 0.417. The molecule has 0 radical (unpaired) electrons. The average Bonchev–Trinajstić information content (AvgIpc) is 2.33. The number of hydrogen-bond acceptors (Lipinski definition) is 3. The van der Waals surface area contributed by atoms with Gasteiger partial charge in [-0.25, -0.2) is 9.78 Å². The molecular formula is C10H12F3N3O2. The second-order valence-electron chi connectivity index (χ2n) is 3.36. The minimum atomic E-state index is -4.42. The summed E-state index contributed by atoms with van der Waals surface area (Å²) in [5.41, 5.74) is 0.651. The van der Waals surface area contributed by atoms with E-state index in [2.05, 4.69) is 10.3 Å². The Morgan fingerprint density at radius 2 is 2.11 bits per heavy atom. The van der Waals surface area contributed by atoms with E-state index in [1.807, 2.05) is 0 Å². The Kier molecular flexibility index (Phi) is 4.75. The fourth-order valence-electron chi connectivity index (χ4n) is 1.06. The van der Waals surface area contributed by atoms with Crippen molar-refractivity contribution in [3.8, 4) is 5.88 Å². The van der Waals surface area contributed by atoms with Gasteiger partial charge in [0.15, 0.2) is 0 Å². The molecule has 1 aromatic heterocycles.